The van der Waals surface area contributed by atoms with Crippen LogP contribution in [0, 0.1) is 0 Å². The SMILES string of the molecule is CC(C)OC(=O)N1C(=O)[C@H](O[Si](C(C)C)(C(C)C)C(C)C)[C@@H]1C(C)(F)F. The predicted molar refractivity (Wildman–Crippen MR) is 98.8 cm³/mol. The van der Waals surface area contributed by atoms with Crippen LogP contribution < -0.4 is 0 Å². The van der Waals surface area contributed by atoms with Crippen molar-refractivity contribution in [2.45, 2.75) is 103 Å². The molecule has 152 valence electrons. The Labute approximate surface area is 156 Å². The van der Waals surface area contributed by atoms with Crippen LogP contribution in [0.15, 0.2) is 0 Å². The molecule has 1 aliphatic heterocycles. The lowest BCUT2D eigenvalue weighted by Gasteiger charge is -2.52. The molecular weight excluding hydrogens is 360 g/mol. The third-order valence-corrected chi connectivity index (χ3v) is 11.2. The maximum Gasteiger partial charge on any atom is 0.417 e. The average Bonchev–Trinajstić information content (AvgIpc) is 2.41. The van der Waals surface area contributed by atoms with Gasteiger partial charge in [0.15, 0.2) is 6.10 Å². The number of nitrogens with zero attached hydrogens (tertiary/aromatic N) is 1. The lowest BCUT2D eigenvalue weighted by atomic mass is 9.93. The van der Waals surface area contributed by atoms with Gasteiger partial charge in [-0.05, 0) is 30.5 Å². The zero-order valence-electron chi connectivity index (χ0n) is 17.3. The van der Waals surface area contributed by atoms with E-state index in [1.165, 1.54) is 0 Å². The van der Waals surface area contributed by atoms with Crippen LogP contribution in [0.5, 0.6) is 0 Å². The number of halogens is 2. The van der Waals surface area contributed by atoms with E-state index in [1.54, 1.807) is 13.8 Å². The highest BCUT2D eigenvalue weighted by atomic mass is 28.4. The number of alkyl halides is 2. The van der Waals surface area contributed by atoms with Gasteiger partial charge in [-0.3, -0.25) is 4.79 Å². The first-order valence-corrected chi connectivity index (χ1v) is 11.4. The number of likely N-dealkylation sites (tertiary alicyclic amines) is 1. The molecule has 0 saturated carbocycles. The number of hydrogen-bond acceptors (Lipinski definition) is 4. The second-order valence-corrected chi connectivity index (χ2v) is 13.8. The van der Waals surface area contributed by atoms with E-state index in [0.717, 1.165) is 0 Å². The molecule has 2 amide bonds. The minimum atomic E-state index is -3.28. The van der Waals surface area contributed by atoms with Gasteiger partial charge in [-0.2, -0.15) is 0 Å². The van der Waals surface area contributed by atoms with E-state index in [-0.39, 0.29) is 16.6 Å². The number of amides is 2. The van der Waals surface area contributed by atoms with Crippen LogP contribution in [0.1, 0.15) is 62.3 Å². The molecule has 0 aromatic rings. The first kappa shape index (κ1) is 23.0. The van der Waals surface area contributed by atoms with Crippen molar-refractivity contribution in [1.82, 2.24) is 4.90 Å². The van der Waals surface area contributed by atoms with Gasteiger partial charge in [-0.25, -0.2) is 18.5 Å². The Kier molecular flexibility index (Phi) is 7.01. The molecule has 8 heteroatoms. The van der Waals surface area contributed by atoms with Gasteiger partial charge in [0.05, 0.1) is 6.10 Å². The molecule has 0 aromatic carbocycles. The number of β-lactam (4-membered cyclic amide) rings is 1. The summed E-state index contributed by atoms with van der Waals surface area (Å²) in [5.41, 5.74) is 0.411. The quantitative estimate of drug-likeness (QED) is 0.453. The molecule has 0 bridgehead atoms. The fourth-order valence-electron chi connectivity index (χ4n) is 4.16. The summed E-state index contributed by atoms with van der Waals surface area (Å²) in [7, 11) is -2.55. The fourth-order valence-corrected chi connectivity index (χ4v) is 9.65. The molecule has 1 heterocycles. The molecule has 0 N–H and O–H groups in total. The first-order valence-electron chi connectivity index (χ1n) is 9.27. The second-order valence-electron chi connectivity index (χ2n) is 8.40. The van der Waals surface area contributed by atoms with Crippen molar-refractivity contribution in [3.8, 4) is 0 Å². The fraction of sp³-hybridized carbons (Fsp3) is 0.889. The van der Waals surface area contributed by atoms with Gasteiger partial charge in [0.2, 0.25) is 8.32 Å². The van der Waals surface area contributed by atoms with Crippen LogP contribution in [0.4, 0.5) is 13.6 Å². The lowest BCUT2D eigenvalue weighted by Crippen LogP contribution is -2.75. The van der Waals surface area contributed by atoms with Crippen LogP contribution in [0.2, 0.25) is 16.6 Å². The van der Waals surface area contributed by atoms with Gasteiger partial charge in [-0.15, -0.1) is 0 Å². The third kappa shape index (κ3) is 4.11. The first-order chi connectivity index (χ1) is 11.7. The smallest absolute Gasteiger partial charge is 0.417 e. The Bertz CT molecular complexity index is 510. The molecular formula is C18H33F2NO4Si. The Balaban J connectivity index is 3.22. The predicted octanol–water partition coefficient (Wildman–Crippen LogP) is 4.96. The average molecular weight is 394 g/mol. The number of rotatable bonds is 7. The van der Waals surface area contributed by atoms with Gasteiger partial charge in [0, 0.05) is 6.92 Å². The number of imide groups is 1. The van der Waals surface area contributed by atoms with Crippen LogP contribution in [0.25, 0.3) is 0 Å². The largest absolute Gasteiger partial charge is 0.446 e. The maximum absolute atomic E-state index is 14.3. The molecule has 1 aliphatic rings. The van der Waals surface area contributed by atoms with E-state index in [1.807, 2.05) is 41.5 Å². The number of hydrogen-bond donors (Lipinski definition) is 0. The zero-order valence-corrected chi connectivity index (χ0v) is 18.3. The van der Waals surface area contributed by atoms with Crippen LogP contribution in [-0.2, 0) is 14.0 Å². The molecule has 1 fully saturated rings. The van der Waals surface area contributed by atoms with Crippen LogP contribution >= 0.6 is 0 Å². The molecule has 2 atom stereocenters. The number of carbonyl (C=O) groups excluding carboxylic acids is 2. The summed E-state index contributed by atoms with van der Waals surface area (Å²) in [5, 5.41) is 0. The Morgan fingerprint density at radius 2 is 1.46 bits per heavy atom. The highest BCUT2D eigenvalue weighted by Gasteiger charge is 2.64. The summed E-state index contributed by atoms with van der Waals surface area (Å²) in [5.74, 6) is -4.01. The normalized spacial score (nSPS) is 21.8. The molecule has 1 rings (SSSR count). The summed E-state index contributed by atoms with van der Waals surface area (Å²) >= 11 is 0. The van der Waals surface area contributed by atoms with Gasteiger partial charge in [-0.1, -0.05) is 41.5 Å². The maximum atomic E-state index is 14.3. The molecule has 0 unspecified atom stereocenters. The van der Waals surface area contributed by atoms with E-state index in [9.17, 15) is 18.4 Å². The zero-order chi connectivity index (χ0) is 20.6. The minimum absolute atomic E-state index is 0.137. The minimum Gasteiger partial charge on any atom is -0.446 e. The Morgan fingerprint density at radius 1 is 1.04 bits per heavy atom. The van der Waals surface area contributed by atoms with Gasteiger partial charge in [0.1, 0.15) is 6.04 Å². The molecule has 1 saturated heterocycles. The lowest BCUT2D eigenvalue weighted by molar-refractivity contribution is -0.188. The molecule has 0 aromatic heterocycles. The van der Waals surface area contributed by atoms with Gasteiger partial charge < -0.3 is 9.16 Å². The van der Waals surface area contributed by atoms with Crippen LogP contribution in [-0.4, -0.2) is 49.4 Å². The summed E-state index contributed by atoms with van der Waals surface area (Å²) < 4.78 is 39.7. The molecule has 26 heavy (non-hydrogen) atoms. The summed E-state index contributed by atoms with van der Waals surface area (Å²) in [6, 6.07) is -1.63. The van der Waals surface area contributed by atoms with Crippen molar-refractivity contribution < 1.29 is 27.5 Å². The summed E-state index contributed by atoms with van der Waals surface area (Å²) in [4.78, 5) is 25.2. The van der Waals surface area contributed by atoms with Crippen molar-refractivity contribution in [2.24, 2.45) is 0 Å². The van der Waals surface area contributed by atoms with E-state index in [2.05, 4.69) is 0 Å². The summed E-state index contributed by atoms with van der Waals surface area (Å²) in [6.45, 7) is 16.0. The van der Waals surface area contributed by atoms with Crippen LogP contribution in [0.3, 0.4) is 0 Å². The number of ether oxygens (including phenoxy) is 1. The van der Waals surface area contributed by atoms with E-state index in [4.69, 9.17) is 9.16 Å². The van der Waals surface area contributed by atoms with Gasteiger partial charge in [0.25, 0.3) is 11.8 Å². The molecule has 0 aliphatic carbocycles. The second kappa shape index (κ2) is 7.92. The third-order valence-electron chi connectivity index (χ3n) is 5.14. The van der Waals surface area contributed by atoms with Crippen molar-refractivity contribution >= 4 is 20.3 Å². The van der Waals surface area contributed by atoms with Crippen molar-refractivity contribution in [1.29, 1.82) is 0 Å². The van der Waals surface area contributed by atoms with Crippen molar-refractivity contribution in [2.75, 3.05) is 0 Å². The molecule has 5 nitrogen and oxygen atoms in total. The highest BCUT2D eigenvalue weighted by molar-refractivity contribution is 6.77. The van der Waals surface area contributed by atoms with Crippen molar-refractivity contribution in [3.05, 3.63) is 0 Å². The molecule has 0 radical (unpaired) electrons. The monoisotopic (exact) mass is 393 g/mol. The Morgan fingerprint density at radius 3 is 1.77 bits per heavy atom. The van der Waals surface area contributed by atoms with Crippen molar-refractivity contribution in [3.63, 3.8) is 0 Å². The standard InChI is InChI=1S/C18H33F2NO4Si/c1-10(2)24-17(23)21-15(18(9,19)20)14(16(21)22)25-26(11(3)4,12(5)6)13(7)8/h10-15H,1-9H3/t14-,15-/m1/s1. The Hall–Kier alpha value is -1.02. The van der Waals surface area contributed by atoms with E-state index < -0.39 is 44.5 Å². The topological polar surface area (TPSA) is 55.8 Å². The number of carbonyl (C=O) groups is 2. The van der Waals surface area contributed by atoms with E-state index in [0.29, 0.717) is 11.8 Å². The molecule has 0 spiro atoms. The van der Waals surface area contributed by atoms with Gasteiger partial charge >= 0.3 is 6.09 Å². The highest BCUT2D eigenvalue weighted by Crippen LogP contribution is 2.46. The summed E-state index contributed by atoms with van der Waals surface area (Å²) in [6.07, 6.45) is -2.85. The van der Waals surface area contributed by atoms with E-state index >= 15 is 0 Å².